The number of likely N-dealkylation sites (N-methyl/N-ethyl adjacent to an activating group) is 1. The molecule has 1 aliphatic rings. The van der Waals surface area contributed by atoms with Crippen LogP contribution in [-0.4, -0.2) is 68.2 Å². The lowest BCUT2D eigenvalue weighted by molar-refractivity contribution is 0.326. The molecular weight excluding hydrogens is 276 g/mol. The summed E-state index contributed by atoms with van der Waals surface area (Å²) in [7, 11) is -0.926. The van der Waals surface area contributed by atoms with E-state index >= 15 is 0 Å². The Morgan fingerprint density at radius 3 is 2.95 bits per heavy atom. The Morgan fingerprint density at radius 1 is 1.50 bits per heavy atom. The fraction of sp³-hybridized carbons (Fsp3) is 0.692. The van der Waals surface area contributed by atoms with Crippen molar-refractivity contribution in [3.05, 3.63) is 18.3 Å². The molecule has 6 nitrogen and oxygen atoms in total. The molecule has 1 fully saturated rings. The maximum atomic E-state index is 11.2. The number of anilines is 1. The molecule has 2 rings (SSSR count). The Bertz CT molecular complexity index is 520. The van der Waals surface area contributed by atoms with Crippen molar-refractivity contribution in [3.63, 3.8) is 0 Å². The summed E-state index contributed by atoms with van der Waals surface area (Å²) in [5.74, 6) is 1.12. The molecule has 0 aliphatic carbocycles. The molecule has 0 radical (unpaired) electrons. The van der Waals surface area contributed by atoms with Gasteiger partial charge in [0.2, 0.25) is 0 Å². The van der Waals surface area contributed by atoms with Gasteiger partial charge in [-0.05, 0) is 32.0 Å². The van der Waals surface area contributed by atoms with Crippen LogP contribution in [0, 0.1) is 0 Å². The molecule has 0 spiro atoms. The molecule has 1 saturated heterocycles. The monoisotopic (exact) mass is 298 g/mol. The van der Waals surface area contributed by atoms with E-state index in [0.29, 0.717) is 12.6 Å². The van der Waals surface area contributed by atoms with Gasteiger partial charge in [-0.1, -0.05) is 0 Å². The average Bonchev–Trinajstić information content (AvgIpc) is 2.85. The van der Waals surface area contributed by atoms with Gasteiger partial charge in [0.1, 0.15) is 9.84 Å². The number of nitrogens with zero attached hydrogens (tertiary/aromatic N) is 4. The summed E-state index contributed by atoms with van der Waals surface area (Å²) < 4.78 is 22.4. The first kappa shape index (κ1) is 15.2. The van der Waals surface area contributed by atoms with Gasteiger partial charge in [0.05, 0.1) is 5.75 Å². The van der Waals surface area contributed by atoms with Crippen molar-refractivity contribution in [2.24, 2.45) is 0 Å². The average molecular weight is 298 g/mol. The number of hydrogen-bond donors (Lipinski definition) is 0. The molecule has 1 unspecified atom stereocenters. The summed E-state index contributed by atoms with van der Waals surface area (Å²) in [6, 6.07) is 4.25. The fourth-order valence-electron chi connectivity index (χ4n) is 2.55. The van der Waals surface area contributed by atoms with Crippen LogP contribution in [0.15, 0.2) is 18.3 Å². The normalized spacial score (nSPS) is 19.8. The van der Waals surface area contributed by atoms with Crippen molar-refractivity contribution in [3.8, 4) is 0 Å². The van der Waals surface area contributed by atoms with Gasteiger partial charge < -0.3 is 9.80 Å². The van der Waals surface area contributed by atoms with E-state index in [1.165, 1.54) is 6.26 Å². The van der Waals surface area contributed by atoms with Crippen molar-refractivity contribution >= 4 is 15.7 Å². The summed E-state index contributed by atoms with van der Waals surface area (Å²) in [6.45, 7) is 2.42. The van der Waals surface area contributed by atoms with Crippen LogP contribution in [0.4, 0.5) is 5.82 Å². The van der Waals surface area contributed by atoms with E-state index in [2.05, 4.69) is 20.0 Å². The van der Waals surface area contributed by atoms with E-state index < -0.39 is 9.84 Å². The largest absolute Gasteiger partial charge is 0.351 e. The van der Waals surface area contributed by atoms with Crippen LogP contribution in [0.1, 0.15) is 12.8 Å². The molecule has 7 heteroatoms. The van der Waals surface area contributed by atoms with Crippen molar-refractivity contribution in [2.75, 3.05) is 43.6 Å². The molecule has 0 amide bonds. The molecule has 0 bridgehead atoms. The third kappa shape index (κ3) is 4.42. The lowest BCUT2D eigenvalue weighted by Crippen LogP contribution is -2.40. The van der Waals surface area contributed by atoms with Crippen molar-refractivity contribution in [1.29, 1.82) is 0 Å². The van der Waals surface area contributed by atoms with E-state index in [1.807, 2.05) is 19.2 Å². The Hall–Kier alpha value is -1.21. The first-order chi connectivity index (χ1) is 9.46. The van der Waals surface area contributed by atoms with Gasteiger partial charge >= 0.3 is 0 Å². The first-order valence-electron chi connectivity index (χ1n) is 6.86. The minimum absolute atomic E-state index is 0.210. The SMILES string of the molecule is CN(CCS(C)(=O)=O)CC1CCCN1c1cccnn1. The predicted molar refractivity (Wildman–Crippen MR) is 79.6 cm³/mol. The standard InChI is InChI=1S/C13H22N4O2S/c1-16(9-10-20(2,18)19)11-12-5-4-8-17(12)13-6-3-7-14-15-13/h3,6-7,12H,4-5,8-11H2,1-2H3. The quantitative estimate of drug-likeness (QED) is 0.758. The van der Waals surface area contributed by atoms with Crippen LogP contribution in [0.3, 0.4) is 0 Å². The van der Waals surface area contributed by atoms with Gasteiger partial charge in [-0.25, -0.2) is 8.42 Å². The summed E-state index contributed by atoms with van der Waals surface area (Å²) in [5, 5.41) is 8.09. The molecule has 1 atom stereocenters. The second-order valence-electron chi connectivity index (χ2n) is 5.46. The molecular formula is C13H22N4O2S. The van der Waals surface area contributed by atoms with Crippen LogP contribution < -0.4 is 4.90 Å². The molecule has 1 aromatic heterocycles. The highest BCUT2D eigenvalue weighted by Crippen LogP contribution is 2.23. The zero-order valence-corrected chi connectivity index (χ0v) is 12.9. The van der Waals surface area contributed by atoms with E-state index in [9.17, 15) is 8.42 Å². The van der Waals surface area contributed by atoms with Crippen LogP contribution in [0.25, 0.3) is 0 Å². The summed E-state index contributed by atoms with van der Waals surface area (Å²) in [6.07, 6.45) is 5.20. The van der Waals surface area contributed by atoms with Crippen LogP contribution >= 0.6 is 0 Å². The zero-order valence-electron chi connectivity index (χ0n) is 12.1. The second kappa shape index (κ2) is 6.49. The van der Waals surface area contributed by atoms with Crippen molar-refractivity contribution in [2.45, 2.75) is 18.9 Å². The smallest absolute Gasteiger partial charge is 0.151 e. The molecule has 112 valence electrons. The molecule has 20 heavy (non-hydrogen) atoms. The van der Waals surface area contributed by atoms with Gasteiger partial charge in [-0.2, -0.15) is 5.10 Å². The highest BCUT2D eigenvalue weighted by atomic mass is 32.2. The molecule has 0 aromatic carbocycles. The lowest BCUT2D eigenvalue weighted by Gasteiger charge is -2.29. The number of rotatable bonds is 6. The molecule has 2 heterocycles. The second-order valence-corrected chi connectivity index (χ2v) is 7.72. The lowest BCUT2D eigenvalue weighted by atomic mass is 10.2. The number of aromatic nitrogens is 2. The third-order valence-electron chi connectivity index (χ3n) is 3.60. The highest BCUT2D eigenvalue weighted by Gasteiger charge is 2.26. The predicted octanol–water partition coefficient (Wildman–Crippen LogP) is 0.422. The van der Waals surface area contributed by atoms with Crippen LogP contribution in [0.2, 0.25) is 0 Å². The van der Waals surface area contributed by atoms with E-state index in [-0.39, 0.29) is 5.75 Å². The van der Waals surface area contributed by atoms with E-state index in [1.54, 1.807) is 6.20 Å². The minimum atomic E-state index is -2.90. The summed E-state index contributed by atoms with van der Waals surface area (Å²) in [4.78, 5) is 4.35. The maximum Gasteiger partial charge on any atom is 0.151 e. The van der Waals surface area contributed by atoms with E-state index in [4.69, 9.17) is 0 Å². The Kier molecular flexibility index (Phi) is 4.93. The molecule has 0 saturated carbocycles. The molecule has 0 N–H and O–H groups in total. The third-order valence-corrected chi connectivity index (χ3v) is 4.52. The fourth-order valence-corrected chi connectivity index (χ4v) is 3.19. The van der Waals surface area contributed by atoms with Crippen LogP contribution in [-0.2, 0) is 9.84 Å². The molecule has 1 aromatic rings. The van der Waals surface area contributed by atoms with Crippen molar-refractivity contribution in [1.82, 2.24) is 15.1 Å². The Labute approximate surface area is 120 Å². The first-order valence-corrected chi connectivity index (χ1v) is 8.92. The Morgan fingerprint density at radius 2 is 2.30 bits per heavy atom. The maximum absolute atomic E-state index is 11.2. The topological polar surface area (TPSA) is 66.4 Å². The van der Waals surface area contributed by atoms with Gasteiger partial charge in [0, 0.05) is 38.1 Å². The zero-order chi connectivity index (χ0) is 14.6. The molecule has 1 aliphatic heterocycles. The Balaban J connectivity index is 1.91. The van der Waals surface area contributed by atoms with Gasteiger partial charge in [0.15, 0.2) is 5.82 Å². The highest BCUT2D eigenvalue weighted by molar-refractivity contribution is 7.90. The summed E-state index contributed by atoms with van der Waals surface area (Å²) in [5.41, 5.74) is 0. The van der Waals surface area contributed by atoms with Crippen LogP contribution in [0.5, 0.6) is 0 Å². The van der Waals surface area contributed by atoms with Gasteiger partial charge in [0.25, 0.3) is 0 Å². The van der Waals surface area contributed by atoms with E-state index in [0.717, 1.165) is 31.7 Å². The van der Waals surface area contributed by atoms with Gasteiger partial charge in [-0.3, -0.25) is 0 Å². The summed E-state index contributed by atoms with van der Waals surface area (Å²) >= 11 is 0. The minimum Gasteiger partial charge on any atom is -0.351 e. The number of sulfone groups is 1. The number of hydrogen-bond acceptors (Lipinski definition) is 6. The van der Waals surface area contributed by atoms with Gasteiger partial charge in [-0.15, -0.1) is 5.10 Å². The van der Waals surface area contributed by atoms with Crippen molar-refractivity contribution < 1.29 is 8.42 Å².